The zero-order valence-electron chi connectivity index (χ0n) is 22.9. The zero-order chi connectivity index (χ0) is 29.4. The summed E-state index contributed by atoms with van der Waals surface area (Å²) in [6, 6.07) is 25.4. The predicted molar refractivity (Wildman–Crippen MR) is 160 cm³/mol. The molecule has 0 saturated heterocycles. The van der Waals surface area contributed by atoms with E-state index in [2.05, 4.69) is 15.4 Å². The number of amides is 2. The molecule has 4 aromatic carbocycles. The largest absolute Gasteiger partial charge is 0.588 e. The number of rotatable bonds is 11. The highest BCUT2D eigenvalue weighted by Crippen LogP contribution is 2.32. The minimum absolute atomic E-state index is 0.103. The van der Waals surface area contributed by atoms with Crippen LogP contribution in [-0.2, 0) is 11.4 Å². The van der Waals surface area contributed by atoms with Crippen LogP contribution in [0.3, 0.4) is 0 Å². The van der Waals surface area contributed by atoms with Gasteiger partial charge in [0.25, 0.3) is 11.8 Å². The molecule has 10 heteroatoms. The third-order valence-electron chi connectivity index (χ3n) is 6.11. The molecule has 4 aromatic rings. The third-order valence-corrected chi connectivity index (χ3v) is 7.25. The Kier molecular flexibility index (Phi) is 9.83. The lowest BCUT2D eigenvalue weighted by Crippen LogP contribution is -2.28. The SMILES string of the molecule is COc1ccc(-c2cccc(C(=O)N(C)C)c2)cc1[S+]([O-])Nc1cccc(NCCNC(=O)c2cccc(F)c2)c1. The van der Waals surface area contributed by atoms with Gasteiger partial charge < -0.3 is 24.8 Å². The van der Waals surface area contributed by atoms with Gasteiger partial charge in [0.2, 0.25) is 4.90 Å². The highest BCUT2D eigenvalue weighted by atomic mass is 32.2. The van der Waals surface area contributed by atoms with Crippen LogP contribution < -0.4 is 20.1 Å². The topological polar surface area (TPSA) is 106 Å². The first-order chi connectivity index (χ1) is 19.7. The number of nitrogens with one attached hydrogen (secondary N) is 3. The number of carbonyl (C=O) groups excluding carboxylic acids is 2. The van der Waals surface area contributed by atoms with Crippen molar-refractivity contribution in [3.63, 3.8) is 0 Å². The number of carbonyl (C=O) groups is 2. The average Bonchev–Trinajstić information content (AvgIpc) is 2.98. The average molecular weight is 575 g/mol. The summed E-state index contributed by atoms with van der Waals surface area (Å²) in [5.74, 6) is -0.464. The Morgan fingerprint density at radius 1 is 0.854 bits per heavy atom. The number of hydrogen-bond acceptors (Lipinski definition) is 6. The maximum absolute atomic E-state index is 13.4. The highest BCUT2D eigenvalue weighted by Gasteiger charge is 2.20. The first-order valence-corrected chi connectivity index (χ1v) is 14.0. The summed E-state index contributed by atoms with van der Waals surface area (Å²) < 4.78 is 35.2. The van der Waals surface area contributed by atoms with E-state index in [1.54, 1.807) is 56.6 Å². The number of halogens is 1. The molecule has 0 bridgehead atoms. The van der Waals surface area contributed by atoms with Gasteiger partial charge in [0.15, 0.2) is 5.75 Å². The van der Waals surface area contributed by atoms with Gasteiger partial charge in [-0.15, -0.1) is 0 Å². The van der Waals surface area contributed by atoms with Crippen LogP contribution in [0.25, 0.3) is 11.1 Å². The lowest BCUT2D eigenvalue weighted by atomic mass is 10.0. The molecular formula is C31H31FN4O4S. The molecule has 0 heterocycles. The van der Waals surface area contributed by atoms with E-state index < -0.39 is 17.2 Å². The lowest BCUT2D eigenvalue weighted by molar-refractivity contribution is 0.0827. The van der Waals surface area contributed by atoms with Crippen LogP contribution in [-0.4, -0.2) is 55.6 Å². The molecule has 41 heavy (non-hydrogen) atoms. The molecule has 1 unspecified atom stereocenters. The van der Waals surface area contributed by atoms with E-state index in [1.165, 1.54) is 30.2 Å². The van der Waals surface area contributed by atoms with Crippen LogP contribution in [0.2, 0.25) is 0 Å². The molecule has 0 fully saturated rings. The van der Waals surface area contributed by atoms with E-state index >= 15 is 0 Å². The molecular weight excluding hydrogens is 543 g/mol. The standard InChI is InChI=1S/C31H31FN4O4S/c1-36(2)31(38)24-9-4-7-21(17-24)22-13-14-28(40-3)29(19-22)41(39)35-27-12-6-11-26(20-27)33-15-16-34-30(37)23-8-5-10-25(32)18-23/h4-14,17-20,33,35H,15-16H2,1-3H3,(H,34,37). The summed E-state index contributed by atoms with van der Waals surface area (Å²) in [4.78, 5) is 26.6. The van der Waals surface area contributed by atoms with Crippen molar-refractivity contribution < 1.29 is 23.3 Å². The Hall–Kier alpha value is -4.54. The maximum Gasteiger partial charge on any atom is 0.253 e. The van der Waals surface area contributed by atoms with E-state index in [0.29, 0.717) is 35.0 Å². The summed E-state index contributed by atoms with van der Waals surface area (Å²) in [5.41, 5.74) is 3.79. The number of hydrogen-bond donors (Lipinski definition) is 3. The second-order valence-electron chi connectivity index (χ2n) is 9.29. The smallest absolute Gasteiger partial charge is 0.253 e. The molecule has 0 aliphatic rings. The first kappa shape index (κ1) is 29.4. The molecule has 2 amide bonds. The van der Waals surface area contributed by atoms with E-state index in [9.17, 15) is 18.5 Å². The number of benzene rings is 4. The lowest BCUT2D eigenvalue weighted by Gasteiger charge is -2.16. The van der Waals surface area contributed by atoms with E-state index in [0.717, 1.165) is 16.8 Å². The Bertz CT molecular complexity index is 1530. The van der Waals surface area contributed by atoms with Crippen LogP contribution in [0.1, 0.15) is 20.7 Å². The van der Waals surface area contributed by atoms with E-state index in [-0.39, 0.29) is 17.4 Å². The Balaban J connectivity index is 1.41. The van der Waals surface area contributed by atoms with Gasteiger partial charge in [-0.3, -0.25) is 9.59 Å². The van der Waals surface area contributed by atoms with Gasteiger partial charge in [-0.05, 0) is 65.7 Å². The molecule has 212 valence electrons. The molecule has 8 nitrogen and oxygen atoms in total. The minimum atomic E-state index is -1.66. The van der Waals surface area contributed by atoms with Crippen molar-refractivity contribution in [2.45, 2.75) is 4.90 Å². The first-order valence-electron chi connectivity index (χ1n) is 12.8. The van der Waals surface area contributed by atoms with Crippen molar-refractivity contribution in [2.75, 3.05) is 44.3 Å². The second-order valence-corrected chi connectivity index (χ2v) is 10.5. The van der Waals surface area contributed by atoms with Crippen molar-refractivity contribution >= 4 is 34.6 Å². The van der Waals surface area contributed by atoms with Crippen molar-refractivity contribution in [1.82, 2.24) is 10.2 Å². The molecule has 0 spiro atoms. The fourth-order valence-corrected chi connectivity index (χ4v) is 5.08. The fourth-order valence-electron chi connectivity index (χ4n) is 4.06. The van der Waals surface area contributed by atoms with Crippen LogP contribution in [0.5, 0.6) is 5.75 Å². The van der Waals surface area contributed by atoms with E-state index in [1.807, 2.05) is 30.3 Å². The van der Waals surface area contributed by atoms with Gasteiger partial charge in [0.1, 0.15) is 17.2 Å². The molecule has 1 atom stereocenters. The predicted octanol–water partition coefficient (Wildman–Crippen LogP) is 5.18. The number of nitrogens with zero attached hydrogens (tertiary/aromatic N) is 1. The highest BCUT2D eigenvalue weighted by molar-refractivity contribution is 7.92. The summed E-state index contributed by atoms with van der Waals surface area (Å²) in [7, 11) is 4.92. The monoisotopic (exact) mass is 574 g/mol. The van der Waals surface area contributed by atoms with Crippen LogP contribution in [0, 0.1) is 5.82 Å². The molecule has 4 rings (SSSR count). The summed E-state index contributed by atoms with van der Waals surface area (Å²) in [6.45, 7) is 0.753. The summed E-state index contributed by atoms with van der Waals surface area (Å²) >= 11 is -1.66. The summed E-state index contributed by atoms with van der Waals surface area (Å²) in [5, 5.41) is 5.95. The third kappa shape index (κ3) is 7.77. The number of ether oxygens (including phenoxy) is 1. The minimum Gasteiger partial charge on any atom is -0.588 e. The van der Waals surface area contributed by atoms with Crippen molar-refractivity contribution in [3.8, 4) is 16.9 Å². The van der Waals surface area contributed by atoms with Crippen LogP contribution in [0.4, 0.5) is 15.8 Å². The Labute approximate surface area is 241 Å². The Morgan fingerprint density at radius 2 is 1.56 bits per heavy atom. The molecule has 3 N–H and O–H groups in total. The summed E-state index contributed by atoms with van der Waals surface area (Å²) in [6.07, 6.45) is 0. The quantitative estimate of drug-likeness (QED) is 0.168. The Morgan fingerprint density at radius 3 is 2.32 bits per heavy atom. The molecule has 0 radical (unpaired) electrons. The molecule has 0 aliphatic carbocycles. The van der Waals surface area contributed by atoms with Crippen molar-refractivity contribution in [1.29, 1.82) is 0 Å². The maximum atomic E-state index is 13.4. The molecule has 0 aromatic heterocycles. The van der Waals surface area contributed by atoms with Crippen molar-refractivity contribution in [2.24, 2.45) is 0 Å². The van der Waals surface area contributed by atoms with Gasteiger partial charge in [0, 0.05) is 50.1 Å². The molecule has 0 aliphatic heterocycles. The van der Waals surface area contributed by atoms with Crippen molar-refractivity contribution in [3.05, 3.63) is 108 Å². The van der Waals surface area contributed by atoms with Gasteiger partial charge in [0.05, 0.1) is 12.8 Å². The fraction of sp³-hybridized carbons (Fsp3) is 0.161. The van der Waals surface area contributed by atoms with Crippen LogP contribution >= 0.6 is 0 Å². The number of anilines is 2. The second kappa shape index (κ2) is 13.7. The van der Waals surface area contributed by atoms with Gasteiger partial charge in [-0.1, -0.05) is 30.3 Å². The molecule has 0 saturated carbocycles. The zero-order valence-corrected chi connectivity index (χ0v) is 23.8. The normalized spacial score (nSPS) is 11.3. The van der Waals surface area contributed by atoms with Gasteiger partial charge in [-0.2, -0.15) is 0 Å². The van der Waals surface area contributed by atoms with Gasteiger partial charge in [-0.25, -0.2) is 9.11 Å². The van der Waals surface area contributed by atoms with Crippen LogP contribution in [0.15, 0.2) is 95.9 Å². The van der Waals surface area contributed by atoms with Gasteiger partial charge >= 0.3 is 0 Å². The van der Waals surface area contributed by atoms with E-state index in [4.69, 9.17) is 4.74 Å². The number of methoxy groups -OCH3 is 1.